The number of anilines is 1. The first kappa shape index (κ1) is 23.6. The third kappa shape index (κ3) is 4.11. The van der Waals surface area contributed by atoms with Crippen molar-refractivity contribution in [2.75, 3.05) is 18.6 Å². The van der Waals surface area contributed by atoms with E-state index in [1.807, 2.05) is 31.2 Å². The lowest BCUT2D eigenvalue weighted by Gasteiger charge is -2.25. The highest BCUT2D eigenvalue weighted by Crippen LogP contribution is 2.42. The molecule has 184 valence electrons. The van der Waals surface area contributed by atoms with Crippen LogP contribution < -0.4 is 19.8 Å². The van der Waals surface area contributed by atoms with Crippen LogP contribution in [0.5, 0.6) is 11.5 Å². The second-order valence-corrected chi connectivity index (χ2v) is 8.91. The molecule has 0 fully saturated rings. The highest BCUT2D eigenvalue weighted by atomic mass is 16.5. The van der Waals surface area contributed by atoms with Crippen LogP contribution in [0.15, 0.2) is 70.0 Å². The number of pyridine rings is 1. The zero-order chi connectivity index (χ0) is 25.2. The normalized spacial score (nSPS) is 14.8. The summed E-state index contributed by atoms with van der Waals surface area (Å²) in [6.45, 7) is 4.66. The molecule has 4 aromatic rings. The molecule has 1 aliphatic rings. The molecular formula is C29H28N2O5. The van der Waals surface area contributed by atoms with Crippen molar-refractivity contribution in [2.45, 2.75) is 39.2 Å². The van der Waals surface area contributed by atoms with E-state index in [0.717, 1.165) is 24.8 Å². The molecule has 0 aliphatic carbocycles. The number of hydrogen-bond donors (Lipinski definition) is 0. The van der Waals surface area contributed by atoms with E-state index in [-0.39, 0.29) is 11.2 Å². The summed E-state index contributed by atoms with van der Waals surface area (Å²) in [4.78, 5) is 33.4. The van der Waals surface area contributed by atoms with Gasteiger partial charge in [0.1, 0.15) is 11.4 Å². The number of hydrogen-bond acceptors (Lipinski definition) is 6. The Morgan fingerprint density at radius 1 is 1.03 bits per heavy atom. The Morgan fingerprint density at radius 3 is 2.61 bits per heavy atom. The number of benzene rings is 2. The molecule has 7 nitrogen and oxygen atoms in total. The van der Waals surface area contributed by atoms with E-state index in [1.165, 1.54) is 4.90 Å². The van der Waals surface area contributed by atoms with Crippen LogP contribution in [0.3, 0.4) is 0 Å². The Kier molecular flexibility index (Phi) is 6.46. The summed E-state index contributed by atoms with van der Waals surface area (Å²) in [5, 5.41) is 0.426. The van der Waals surface area contributed by atoms with Crippen molar-refractivity contribution in [1.82, 2.24) is 4.98 Å². The summed E-state index contributed by atoms with van der Waals surface area (Å²) in [6.07, 6.45) is 4.84. The minimum absolute atomic E-state index is 0.0323. The lowest BCUT2D eigenvalue weighted by molar-refractivity contribution is 0.0970. The third-order valence-electron chi connectivity index (χ3n) is 6.43. The van der Waals surface area contributed by atoms with Crippen molar-refractivity contribution in [3.8, 4) is 11.5 Å². The molecule has 1 unspecified atom stereocenters. The van der Waals surface area contributed by atoms with Gasteiger partial charge in [0, 0.05) is 6.20 Å². The van der Waals surface area contributed by atoms with Gasteiger partial charge >= 0.3 is 0 Å². The van der Waals surface area contributed by atoms with Crippen molar-refractivity contribution >= 4 is 22.7 Å². The Morgan fingerprint density at radius 2 is 1.86 bits per heavy atom. The van der Waals surface area contributed by atoms with Gasteiger partial charge in [-0.25, -0.2) is 4.98 Å². The minimum atomic E-state index is -0.730. The molecular weight excluding hydrogens is 456 g/mol. The number of amides is 1. The molecule has 36 heavy (non-hydrogen) atoms. The van der Waals surface area contributed by atoms with Crippen molar-refractivity contribution in [1.29, 1.82) is 0 Å². The van der Waals surface area contributed by atoms with Crippen LogP contribution in [-0.2, 0) is 0 Å². The van der Waals surface area contributed by atoms with Gasteiger partial charge in [-0.2, -0.15) is 0 Å². The third-order valence-corrected chi connectivity index (χ3v) is 6.43. The van der Waals surface area contributed by atoms with Gasteiger partial charge in [-0.15, -0.1) is 0 Å². The van der Waals surface area contributed by atoms with E-state index in [1.54, 1.807) is 43.6 Å². The fourth-order valence-corrected chi connectivity index (χ4v) is 4.58. The van der Waals surface area contributed by atoms with Crippen LogP contribution in [0.2, 0.25) is 0 Å². The molecule has 0 saturated carbocycles. The fraction of sp³-hybridized carbons (Fsp3) is 0.276. The molecule has 2 aromatic heterocycles. The molecule has 7 heteroatoms. The van der Waals surface area contributed by atoms with Gasteiger partial charge in [-0.3, -0.25) is 14.5 Å². The van der Waals surface area contributed by atoms with Gasteiger partial charge in [0.05, 0.1) is 30.7 Å². The van der Waals surface area contributed by atoms with Crippen molar-refractivity contribution in [3.63, 3.8) is 0 Å². The van der Waals surface area contributed by atoms with Crippen LogP contribution in [0.25, 0.3) is 11.0 Å². The zero-order valence-electron chi connectivity index (χ0n) is 20.6. The number of nitrogens with zero attached hydrogens (tertiary/aromatic N) is 2. The molecule has 1 amide bonds. The number of methoxy groups -OCH3 is 1. The van der Waals surface area contributed by atoms with Crippen molar-refractivity contribution in [2.24, 2.45) is 0 Å². The Balaban J connectivity index is 1.66. The smallest absolute Gasteiger partial charge is 0.296 e. The second-order valence-electron chi connectivity index (χ2n) is 8.91. The number of para-hydroxylation sites is 1. The summed E-state index contributed by atoms with van der Waals surface area (Å²) in [7, 11) is 1.58. The van der Waals surface area contributed by atoms with E-state index >= 15 is 0 Å². The molecule has 1 atom stereocenters. The first-order valence-corrected chi connectivity index (χ1v) is 12.2. The molecule has 1 aliphatic heterocycles. The summed E-state index contributed by atoms with van der Waals surface area (Å²) in [5.74, 6) is 1.21. The fourth-order valence-electron chi connectivity index (χ4n) is 4.58. The van der Waals surface area contributed by atoms with E-state index in [2.05, 4.69) is 11.9 Å². The number of aryl methyl sites for hydroxylation is 1. The topological polar surface area (TPSA) is 81.9 Å². The summed E-state index contributed by atoms with van der Waals surface area (Å²) >= 11 is 0. The van der Waals surface area contributed by atoms with Crippen LogP contribution in [0.4, 0.5) is 5.82 Å². The Bertz CT molecular complexity index is 1480. The number of rotatable bonds is 8. The van der Waals surface area contributed by atoms with Gasteiger partial charge in [0.15, 0.2) is 16.9 Å². The number of fused-ring (bicyclic) bond motifs is 2. The highest BCUT2D eigenvalue weighted by Gasteiger charge is 2.44. The monoisotopic (exact) mass is 484 g/mol. The predicted octanol–water partition coefficient (Wildman–Crippen LogP) is 5.82. The number of ether oxygens (including phenoxy) is 2. The molecule has 2 aromatic carbocycles. The maximum atomic E-state index is 13.7. The zero-order valence-corrected chi connectivity index (χ0v) is 20.6. The van der Waals surface area contributed by atoms with E-state index in [0.29, 0.717) is 46.0 Å². The van der Waals surface area contributed by atoms with Gasteiger partial charge in [0.2, 0.25) is 5.76 Å². The first-order chi connectivity index (χ1) is 17.5. The van der Waals surface area contributed by atoms with Gasteiger partial charge in [-0.1, -0.05) is 44.0 Å². The van der Waals surface area contributed by atoms with E-state index in [9.17, 15) is 9.59 Å². The highest BCUT2D eigenvalue weighted by molar-refractivity contribution is 6.10. The molecule has 0 N–H and O–H groups in total. The lowest BCUT2D eigenvalue weighted by atomic mass is 9.98. The van der Waals surface area contributed by atoms with Crippen molar-refractivity contribution in [3.05, 3.63) is 93.5 Å². The molecule has 0 spiro atoms. The van der Waals surface area contributed by atoms with Crippen LogP contribution in [0, 0.1) is 6.92 Å². The second kappa shape index (κ2) is 9.85. The number of carbonyl (C=O) groups is 1. The number of carbonyl (C=O) groups excluding carboxylic acids is 1. The van der Waals surface area contributed by atoms with Gasteiger partial charge in [0.25, 0.3) is 5.91 Å². The number of aromatic nitrogens is 1. The first-order valence-electron chi connectivity index (χ1n) is 12.2. The maximum absolute atomic E-state index is 13.7. The average Bonchev–Trinajstić information content (AvgIpc) is 3.19. The summed E-state index contributed by atoms with van der Waals surface area (Å²) in [6, 6.07) is 15.4. The largest absolute Gasteiger partial charge is 0.493 e. The molecule has 3 heterocycles. The maximum Gasteiger partial charge on any atom is 0.296 e. The van der Waals surface area contributed by atoms with Gasteiger partial charge in [-0.05, 0) is 54.8 Å². The Hall–Kier alpha value is -4.13. The molecule has 0 radical (unpaired) electrons. The number of unbranched alkanes of at least 4 members (excludes halogenated alkanes) is 2. The van der Waals surface area contributed by atoms with E-state index in [4.69, 9.17) is 13.9 Å². The van der Waals surface area contributed by atoms with Crippen LogP contribution in [0.1, 0.15) is 59.5 Å². The van der Waals surface area contributed by atoms with E-state index < -0.39 is 11.9 Å². The predicted molar refractivity (Wildman–Crippen MR) is 138 cm³/mol. The van der Waals surface area contributed by atoms with Crippen LogP contribution in [-0.4, -0.2) is 24.6 Å². The molecule has 0 saturated heterocycles. The Labute approximate surface area is 209 Å². The molecule has 0 bridgehead atoms. The average molecular weight is 485 g/mol. The minimum Gasteiger partial charge on any atom is -0.493 e. The van der Waals surface area contributed by atoms with Crippen molar-refractivity contribution < 1.29 is 18.7 Å². The van der Waals surface area contributed by atoms with Gasteiger partial charge < -0.3 is 13.9 Å². The summed E-state index contributed by atoms with van der Waals surface area (Å²) < 4.78 is 17.6. The quantitative estimate of drug-likeness (QED) is 0.293. The summed E-state index contributed by atoms with van der Waals surface area (Å²) in [5.41, 5.74) is 2.09. The standard InChI is InChI=1S/C29H28N2O5/c1-4-5-8-15-35-22-13-12-19(16-23(22)34-3)26-25-27(32)20-9-6-7-10-21(20)36-28(25)29(33)31(26)24-14-11-18(2)17-30-24/h6-7,9-14,16-17,26H,4-5,8,15H2,1-3H3. The SMILES string of the molecule is CCCCCOc1ccc(C2c3c(oc4ccccc4c3=O)C(=O)N2c2ccc(C)cn2)cc1OC. The lowest BCUT2D eigenvalue weighted by Crippen LogP contribution is -2.30. The molecule has 5 rings (SSSR count). The van der Waals surface area contributed by atoms with Crippen LogP contribution >= 0.6 is 0 Å².